The maximum absolute atomic E-state index is 2.57. The van der Waals surface area contributed by atoms with Gasteiger partial charge in [0.05, 0.1) is 39.9 Å². The van der Waals surface area contributed by atoms with Crippen molar-refractivity contribution in [2.75, 3.05) is 9.80 Å². The first-order valence-electron chi connectivity index (χ1n) is 33.1. The second kappa shape index (κ2) is 22.6. The first kappa shape index (κ1) is 55.0. The molecule has 0 saturated carbocycles. The molecule has 6 heteroatoms. The molecule has 0 N–H and O–H groups in total. The van der Waals surface area contributed by atoms with E-state index in [1.54, 1.807) is 0 Å². The van der Waals surface area contributed by atoms with Crippen LogP contribution in [-0.4, -0.2) is 20.4 Å². The standard InChI is InChI=1S/C90H60BN5/c1-9-31-61(32-10-1)85-72-47-25-26-48-73(72)86(62-33-11-2-12-34-62)94(85)69-53-55-78-80(57-69)92(67-43-21-7-22-44-67)82-59-71(96-89(65-39-17-5-18-40-65)76-51-29-30-52-77(76)90(96)66-41-19-6-20-42-66)60-83-84(82)91(78)79-56-54-70(58-81(79)93(83)68-45-23-8-24-46-68)95-87(63-35-13-3-14-36-63)74-49-27-28-50-75(74)88(95)64-37-15-4-16-38-64/h1-60H. The zero-order valence-electron chi connectivity index (χ0n) is 52.5. The molecule has 3 aromatic heterocycles. The summed E-state index contributed by atoms with van der Waals surface area (Å²) < 4.78 is 7.64. The average molecular weight is 1220 g/mol. The van der Waals surface area contributed by atoms with Gasteiger partial charge in [0.1, 0.15) is 0 Å². The molecule has 17 aromatic rings. The quantitative estimate of drug-likeness (QED) is 0.120. The molecule has 0 atom stereocenters. The number of para-hydroxylation sites is 2. The van der Waals surface area contributed by atoms with Crippen LogP contribution >= 0.6 is 0 Å². The van der Waals surface area contributed by atoms with Gasteiger partial charge < -0.3 is 23.5 Å². The number of nitrogens with zero attached hydrogens (tertiary/aromatic N) is 5. The Kier molecular flexibility index (Phi) is 13.0. The van der Waals surface area contributed by atoms with Gasteiger partial charge in [0.2, 0.25) is 0 Å². The molecule has 0 amide bonds. The topological polar surface area (TPSA) is 21.3 Å². The minimum Gasteiger partial charge on any atom is -0.311 e. The predicted octanol–water partition coefficient (Wildman–Crippen LogP) is 21.6. The van der Waals surface area contributed by atoms with Crippen LogP contribution in [0.4, 0.5) is 34.1 Å². The third-order valence-corrected chi connectivity index (χ3v) is 19.8. The van der Waals surface area contributed by atoms with E-state index in [2.05, 4.69) is 387 Å². The highest BCUT2D eigenvalue weighted by Gasteiger charge is 2.45. The molecule has 0 aliphatic carbocycles. The Morgan fingerprint density at radius 1 is 0.177 bits per heavy atom. The number of rotatable bonds is 11. The van der Waals surface area contributed by atoms with E-state index in [1.807, 2.05) is 0 Å². The summed E-state index contributed by atoms with van der Waals surface area (Å²) in [4.78, 5) is 5.15. The lowest BCUT2D eigenvalue weighted by molar-refractivity contribution is 1.09. The molecule has 0 unspecified atom stereocenters. The van der Waals surface area contributed by atoms with Crippen LogP contribution in [0.15, 0.2) is 364 Å². The van der Waals surface area contributed by atoms with Gasteiger partial charge >= 0.3 is 0 Å². The maximum atomic E-state index is 2.57. The number of anilines is 6. The van der Waals surface area contributed by atoms with Crippen molar-refractivity contribution in [3.8, 4) is 84.6 Å². The molecule has 2 aliphatic heterocycles. The minimum absolute atomic E-state index is 0.222. The Bertz CT molecular complexity index is 5300. The summed E-state index contributed by atoms with van der Waals surface area (Å²) in [5, 5.41) is 7.15. The van der Waals surface area contributed by atoms with Crippen molar-refractivity contribution in [2.24, 2.45) is 0 Å². The van der Waals surface area contributed by atoms with Crippen molar-refractivity contribution in [3.63, 3.8) is 0 Å². The number of fused-ring (bicyclic) bond motifs is 7. The summed E-state index contributed by atoms with van der Waals surface area (Å²) in [6.45, 7) is -0.222. The molecule has 5 nitrogen and oxygen atoms in total. The van der Waals surface area contributed by atoms with Gasteiger partial charge in [-0.3, -0.25) is 0 Å². The molecule has 96 heavy (non-hydrogen) atoms. The Morgan fingerprint density at radius 2 is 0.396 bits per heavy atom. The molecule has 2 aliphatic rings. The van der Waals surface area contributed by atoms with Crippen LogP contribution in [0.5, 0.6) is 0 Å². The van der Waals surface area contributed by atoms with Gasteiger partial charge in [0, 0.05) is 77.8 Å². The summed E-state index contributed by atoms with van der Waals surface area (Å²) in [6, 6.07) is 135. The third kappa shape index (κ3) is 8.66. The van der Waals surface area contributed by atoms with Gasteiger partial charge in [-0.05, 0) is 110 Å². The lowest BCUT2D eigenvalue weighted by Crippen LogP contribution is -2.61. The van der Waals surface area contributed by atoms with Gasteiger partial charge in [-0.25, -0.2) is 0 Å². The number of aromatic nitrogens is 3. The van der Waals surface area contributed by atoms with Crippen LogP contribution in [0.3, 0.4) is 0 Å². The van der Waals surface area contributed by atoms with E-state index in [0.29, 0.717) is 0 Å². The van der Waals surface area contributed by atoms with Gasteiger partial charge in [-0.1, -0.05) is 303 Å². The molecular formula is C90H60BN5. The van der Waals surface area contributed by atoms with Crippen LogP contribution < -0.4 is 26.2 Å². The zero-order chi connectivity index (χ0) is 63.2. The van der Waals surface area contributed by atoms with Crippen molar-refractivity contribution in [3.05, 3.63) is 364 Å². The number of hydrogen-bond donors (Lipinski definition) is 0. The molecule has 0 spiro atoms. The monoisotopic (exact) mass is 1220 g/mol. The van der Waals surface area contributed by atoms with Gasteiger partial charge in [0.25, 0.3) is 6.71 Å². The summed E-state index contributed by atoms with van der Waals surface area (Å²) in [6.07, 6.45) is 0. The Morgan fingerprint density at radius 3 is 0.656 bits per heavy atom. The van der Waals surface area contributed by atoms with Crippen LogP contribution in [0.25, 0.3) is 117 Å². The molecule has 19 rings (SSSR count). The molecule has 0 bridgehead atoms. The molecule has 0 fully saturated rings. The fourth-order valence-corrected chi connectivity index (χ4v) is 15.9. The minimum atomic E-state index is -0.222. The SMILES string of the molecule is c1ccc(-c2c3ccccc3c(-c3ccccc3)n2-c2ccc3c(c2)N(c2ccccc2)c2cc(-n4c(-c5ccccc5)c5ccccc5c4-c4ccccc4)cc4c2B3c2ccc(-n3c(-c5ccccc5)c5ccccc5c3-c3ccccc3)cc2N4c2ccccc2)cc1. The van der Waals surface area contributed by atoms with E-state index in [4.69, 9.17) is 0 Å². The zero-order valence-corrected chi connectivity index (χ0v) is 52.5. The van der Waals surface area contributed by atoms with Gasteiger partial charge in [-0.2, -0.15) is 0 Å². The summed E-state index contributed by atoms with van der Waals surface area (Å²) in [7, 11) is 0. The second-order valence-corrected chi connectivity index (χ2v) is 25.1. The molecule has 14 aromatic carbocycles. The van der Waals surface area contributed by atoms with E-state index in [1.165, 1.54) is 48.7 Å². The smallest absolute Gasteiger partial charge is 0.252 e. The van der Waals surface area contributed by atoms with Crippen molar-refractivity contribution >= 4 is 89.5 Å². The average Bonchev–Trinajstić information content (AvgIpc) is 0.779. The highest BCUT2D eigenvalue weighted by molar-refractivity contribution is 7.00. The van der Waals surface area contributed by atoms with Crippen molar-refractivity contribution in [1.82, 2.24) is 13.7 Å². The predicted molar refractivity (Wildman–Crippen MR) is 404 cm³/mol. The first-order chi connectivity index (χ1) is 47.7. The van der Waals surface area contributed by atoms with E-state index in [-0.39, 0.29) is 6.71 Å². The number of benzene rings is 14. The van der Waals surface area contributed by atoms with Crippen LogP contribution in [0, 0.1) is 0 Å². The van der Waals surface area contributed by atoms with Crippen molar-refractivity contribution in [2.45, 2.75) is 0 Å². The first-order valence-corrected chi connectivity index (χ1v) is 33.1. The Hall–Kier alpha value is -12.6. The maximum Gasteiger partial charge on any atom is 0.252 e. The highest BCUT2D eigenvalue weighted by Crippen LogP contribution is 2.51. The molecule has 5 heterocycles. The lowest BCUT2D eigenvalue weighted by Gasteiger charge is -2.44. The molecular weight excluding hydrogens is 1160 g/mol. The van der Waals surface area contributed by atoms with Crippen LogP contribution in [0.2, 0.25) is 0 Å². The van der Waals surface area contributed by atoms with E-state index in [0.717, 1.165) is 119 Å². The molecule has 0 saturated heterocycles. The Labute approximate surface area is 558 Å². The third-order valence-electron chi connectivity index (χ3n) is 19.8. The van der Waals surface area contributed by atoms with E-state index >= 15 is 0 Å². The van der Waals surface area contributed by atoms with E-state index < -0.39 is 0 Å². The Balaban J connectivity index is 0.963. The summed E-state index contributed by atoms with van der Waals surface area (Å²) in [5.74, 6) is 0. The second-order valence-electron chi connectivity index (χ2n) is 25.1. The fourth-order valence-electron chi connectivity index (χ4n) is 15.9. The van der Waals surface area contributed by atoms with Crippen molar-refractivity contribution < 1.29 is 0 Å². The lowest BCUT2D eigenvalue weighted by atomic mass is 9.33. The molecule has 448 valence electrons. The fraction of sp³-hybridized carbons (Fsp3) is 0. The molecule has 0 radical (unpaired) electrons. The summed E-state index contributed by atoms with van der Waals surface area (Å²) in [5.41, 5.74) is 27.1. The van der Waals surface area contributed by atoms with Crippen LogP contribution in [-0.2, 0) is 0 Å². The van der Waals surface area contributed by atoms with Gasteiger partial charge in [0.15, 0.2) is 0 Å². The van der Waals surface area contributed by atoms with E-state index in [9.17, 15) is 0 Å². The normalized spacial score (nSPS) is 12.3. The largest absolute Gasteiger partial charge is 0.311 e. The summed E-state index contributed by atoms with van der Waals surface area (Å²) >= 11 is 0. The number of hydrogen-bond acceptors (Lipinski definition) is 2. The van der Waals surface area contributed by atoms with Crippen molar-refractivity contribution in [1.29, 1.82) is 0 Å². The highest BCUT2D eigenvalue weighted by atomic mass is 15.2. The van der Waals surface area contributed by atoms with Crippen LogP contribution in [0.1, 0.15) is 0 Å². The van der Waals surface area contributed by atoms with Gasteiger partial charge in [-0.15, -0.1) is 0 Å².